The number of carbonyl (C=O) groups excluding carboxylic acids is 2. The van der Waals surface area contributed by atoms with E-state index in [9.17, 15) is 9.59 Å². The van der Waals surface area contributed by atoms with Crippen molar-refractivity contribution >= 4 is 29.2 Å². The quantitative estimate of drug-likeness (QED) is 0.755. The largest absolute Gasteiger partial charge is 0.489 e. The normalized spacial score (nSPS) is 13.0. The van der Waals surface area contributed by atoms with Gasteiger partial charge in [0.05, 0.1) is 36.3 Å². The highest BCUT2D eigenvalue weighted by atomic mass is 35.5. The molecule has 3 rings (SSSR count). The lowest BCUT2D eigenvalue weighted by Crippen LogP contribution is -2.15. The van der Waals surface area contributed by atoms with Crippen LogP contribution in [0.15, 0.2) is 36.4 Å². The molecule has 7 heteroatoms. The first-order valence-corrected chi connectivity index (χ1v) is 9.49. The van der Waals surface area contributed by atoms with E-state index in [0.29, 0.717) is 41.0 Å². The van der Waals surface area contributed by atoms with Crippen LogP contribution in [0.4, 0.5) is 5.69 Å². The van der Waals surface area contributed by atoms with E-state index in [1.54, 1.807) is 50.2 Å². The predicted molar refractivity (Wildman–Crippen MR) is 106 cm³/mol. The first-order valence-electron chi connectivity index (χ1n) is 9.11. The van der Waals surface area contributed by atoms with Crippen LogP contribution < -0.4 is 14.8 Å². The molecule has 0 atom stereocenters. The summed E-state index contributed by atoms with van der Waals surface area (Å²) in [5, 5.41) is 3.23. The Morgan fingerprint density at radius 2 is 1.86 bits per heavy atom. The highest BCUT2D eigenvalue weighted by molar-refractivity contribution is 6.32. The molecule has 0 radical (unpaired) electrons. The first kappa shape index (κ1) is 20.0. The van der Waals surface area contributed by atoms with Crippen LogP contribution >= 0.6 is 11.6 Å². The zero-order chi connectivity index (χ0) is 20.1. The van der Waals surface area contributed by atoms with E-state index in [4.69, 9.17) is 25.8 Å². The number of benzene rings is 2. The Morgan fingerprint density at radius 3 is 2.57 bits per heavy atom. The molecule has 1 heterocycles. The number of amides is 1. The fraction of sp³-hybridized carbons (Fsp3) is 0.333. The third-order valence-electron chi connectivity index (χ3n) is 3.97. The number of nitrogens with one attached hydrogen (secondary N) is 1. The Hall–Kier alpha value is -2.73. The van der Waals surface area contributed by atoms with Crippen LogP contribution in [0.5, 0.6) is 11.5 Å². The first-order chi connectivity index (χ1) is 13.4. The van der Waals surface area contributed by atoms with Gasteiger partial charge in [0.2, 0.25) is 5.91 Å². The van der Waals surface area contributed by atoms with Gasteiger partial charge in [-0.05, 0) is 55.8 Å². The standard InChI is InChI=1S/C21H22ClNO5/c1-13(2)28-21(25)15-4-6-16(7-5-15)23-19(24)12-14-10-17(22)20-18(11-14)26-8-3-9-27-20/h4-7,10-11,13H,3,8-9,12H2,1-2H3,(H,23,24). The van der Waals surface area contributed by atoms with Crippen LogP contribution in [0.25, 0.3) is 0 Å². The lowest BCUT2D eigenvalue weighted by molar-refractivity contribution is -0.115. The molecule has 2 aromatic rings. The lowest BCUT2D eigenvalue weighted by Gasteiger charge is -2.12. The minimum Gasteiger partial charge on any atom is -0.489 e. The van der Waals surface area contributed by atoms with Crippen molar-refractivity contribution in [3.8, 4) is 11.5 Å². The van der Waals surface area contributed by atoms with E-state index in [2.05, 4.69) is 5.32 Å². The Balaban J connectivity index is 1.63. The summed E-state index contributed by atoms with van der Waals surface area (Å²) < 4.78 is 16.4. The van der Waals surface area contributed by atoms with Crippen molar-refractivity contribution < 1.29 is 23.8 Å². The molecule has 1 amide bonds. The molecule has 6 nitrogen and oxygen atoms in total. The number of ether oxygens (including phenoxy) is 3. The van der Waals surface area contributed by atoms with E-state index in [0.717, 1.165) is 12.0 Å². The summed E-state index contributed by atoms with van der Waals surface area (Å²) in [6, 6.07) is 10.0. The molecule has 28 heavy (non-hydrogen) atoms. The van der Waals surface area contributed by atoms with Gasteiger partial charge in [0.15, 0.2) is 11.5 Å². The SMILES string of the molecule is CC(C)OC(=O)c1ccc(NC(=O)Cc2cc(Cl)c3c(c2)OCCCO3)cc1. The van der Waals surface area contributed by atoms with Gasteiger partial charge in [0, 0.05) is 12.1 Å². The molecule has 0 bridgehead atoms. The van der Waals surface area contributed by atoms with Crippen molar-refractivity contribution in [2.24, 2.45) is 0 Å². The lowest BCUT2D eigenvalue weighted by atomic mass is 10.1. The summed E-state index contributed by atoms with van der Waals surface area (Å²) in [6.07, 6.45) is 0.726. The van der Waals surface area contributed by atoms with Gasteiger partial charge in [-0.25, -0.2) is 4.79 Å². The van der Waals surface area contributed by atoms with Gasteiger partial charge in [-0.15, -0.1) is 0 Å². The fourth-order valence-corrected chi connectivity index (χ4v) is 3.04. The van der Waals surface area contributed by atoms with Gasteiger partial charge in [-0.2, -0.15) is 0 Å². The number of hydrogen-bond acceptors (Lipinski definition) is 5. The summed E-state index contributed by atoms with van der Waals surface area (Å²) in [5.41, 5.74) is 1.75. The summed E-state index contributed by atoms with van der Waals surface area (Å²) in [4.78, 5) is 24.2. The Morgan fingerprint density at radius 1 is 1.14 bits per heavy atom. The number of halogens is 1. The number of hydrogen-bond donors (Lipinski definition) is 1. The average Bonchev–Trinajstić information content (AvgIpc) is 2.87. The summed E-state index contributed by atoms with van der Waals surface area (Å²) in [7, 11) is 0. The molecule has 0 fully saturated rings. The second-order valence-electron chi connectivity index (χ2n) is 6.71. The number of carbonyl (C=O) groups is 2. The van der Waals surface area contributed by atoms with Crippen molar-refractivity contribution in [1.29, 1.82) is 0 Å². The molecule has 0 saturated heterocycles. The molecular weight excluding hydrogens is 382 g/mol. The van der Waals surface area contributed by atoms with E-state index in [1.807, 2.05) is 0 Å². The van der Waals surface area contributed by atoms with E-state index >= 15 is 0 Å². The monoisotopic (exact) mass is 403 g/mol. The second kappa shape index (κ2) is 8.97. The summed E-state index contributed by atoms with van der Waals surface area (Å²) >= 11 is 6.27. The van der Waals surface area contributed by atoms with Crippen molar-refractivity contribution in [1.82, 2.24) is 0 Å². The minimum atomic E-state index is -0.394. The molecule has 1 aliphatic rings. The number of anilines is 1. The predicted octanol–water partition coefficient (Wildman–Crippen LogP) is 4.25. The van der Waals surface area contributed by atoms with E-state index < -0.39 is 5.97 Å². The molecule has 0 saturated carbocycles. The topological polar surface area (TPSA) is 73.9 Å². The molecule has 0 unspecified atom stereocenters. The Kier molecular flexibility index (Phi) is 6.41. The molecule has 0 aromatic heterocycles. The Labute approximate surface area is 168 Å². The van der Waals surface area contributed by atoms with Gasteiger partial charge in [0.25, 0.3) is 0 Å². The van der Waals surface area contributed by atoms with Crippen LogP contribution in [0, 0.1) is 0 Å². The minimum absolute atomic E-state index is 0.132. The molecule has 2 aromatic carbocycles. The molecule has 1 N–H and O–H groups in total. The van der Waals surface area contributed by atoms with Gasteiger partial charge in [-0.3, -0.25) is 4.79 Å². The fourth-order valence-electron chi connectivity index (χ4n) is 2.75. The molecule has 0 spiro atoms. The molecule has 148 valence electrons. The smallest absolute Gasteiger partial charge is 0.338 e. The van der Waals surface area contributed by atoms with Crippen LogP contribution in [-0.4, -0.2) is 31.2 Å². The van der Waals surface area contributed by atoms with Crippen LogP contribution in [0.1, 0.15) is 36.2 Å². The van der Waals surface area contributed by atoms with Gasteiger partial charge < -0.3 is 19.5 Å². The summed E-state index contributed by atoms with van der Waals surface area (Å²) in [6.45, 7) is 4.68. The van der Waals surface area contributed by atoms with Crippen LogP contribution in [-0.2, 0) is 16.0 Å². The number of fused-ring (bicyclic) bond motifs is 1. The third-order valence-corrected chi connectivity index (χ3v) is 4.25. The maximum Gasteiger partial charge on any atom is 0.338 e. The molecule has 0 aliphatic carbocycles. The average molecular weight is 404 g/mol. The van der Waals surface area contributed by atoms with Crippen molar-refractivity contribution in [2.45, 2.75) is 32.8 Å². The van der Waals surface area contributed by atoms with Gasteiger partial charge in [0.1, 0.15) is 0 Å². The van der Waals surface area contributed by atoms with Gasteiger partial charge in [-0.1, -0.05) is 11.6 Å². The van der Waals surface area contributed by atoms with Crippen LogP contribution in [0.3, 0.4) is 0 Å². The van der Waals surface area contributed by atoms with Crippen molar-refractivity contribution in [2.75, 3.05) is 18.5 Å². The van der Waals surface area contributed by atoms with Crippen molar-refractivity contribution in [3.05, 3.63) is 52.5 Å². The molecule has 1 aliphatic heterocycles. The third kappa shape index (κ3) is 5.16. The van der Waals surface area contributed by atoms with E-state index in [1.165, 1.54) is 0 Å². The van der Waals surface area contributed by atoms with Crippen LogP contribution in [0.2, 0.25) is 5.02 Å². The zero-order valence-electron chi connectivity index (χ0n) is 15.8. The highest BCUT2D eigenvalue weighted by Gasteiger charge is 2.17. The van der Waals surface area contributed by atoms with Crippen molar-refractivity contribution in [3.63, 3.8) is 0 Å². The van der Waals surface area contributed by atoms with E-state index in [-0.39, 0.29) is 18.4 Å². The highest BCUT2D eigenvalue weighted by Crippen LogP contribution is 2.38. The summed E-state index contributed by atoms with van der Waals surface area (Å²) in [5.74, 6) is 0.478. The zero-order valence-corrected chi connectivity index (χ0v) is 16.5. The molecular formula is C21H22ClNO5. The Bertz CT molecular complexity index is 864. The number of esters is 1. The number of rotatable bonds is 5. The van der Waals surface area contributed by atoms with Gasteiger partial charge >= 0.3 is 5.97 Å². The maximum absolute atomic E-state index is 12.4. The second-order valence-corrected chi connectivity index (χ2v) is 7.12. The maximum atomic E-state index is 12.4.